The van der Waals surface area contributed by atoms with E-state index in [9.17, 15) is 18.0 Å². The van der Waals surface area contributed by atoms with Crippen LogP contribution in [0.15, 0.2) is 84.9 Å². The lowest BCUT2D eigenvalue weighted by Gasteiger charge is -2.24. The SMILES string of the molecule is CCOC(=O)C(C)(C)Oc1ccc(CN(C)Cc2cc(-c3ccc(C(F)(F)F)cc3)nn2Cc2ccccc2)cc1. The van der Waals surface area contributed by atoms with Crippen LogP contribution in [0.1, 0.15) is 43.2 Å². The number of benzene rings is 3. The zero-order valence-corrected chi connectivity index (χ0v) is 23.6. The molecule has 0 atom stereocenters. The summed E-state index contributed by atoms with van der Waals surface area (Å²) in [6.45, 7) is 7.11. The number of carbonyl (C=O) groups is 1. The molecule has 3 aromatic carbocycles. The van der Waals surface area contributed by atoms with Gasteiger partial charge in [0, 0.05) is 18.7 Å². The Labute approximate surface area is 238 Å². The predicted octanol–water partition coefficient (Wildman–Crippen LogP) is 6.97. The monoisotopic (exact) mass is 565 g/mol. The normalized spacial score (nSPS) is 12.0. The van der Waals surface area contributed by atoms with E-state index >= 15 is 0 Å². The zero-order valence-electron chi connectivity index (χ0n) is 23.6. The molecule has 1 aromatic heterocycles. The summed E-state index contributed by atoms with van der Waals surface area (Å²) in [4.78, 5) is 14.3. The lowest BCUT2D eigenvalue weighted by atomic mass is 10.1. The quantitative estimate of drug-likeness (QED) is 0.184. The van der Waals surface area contributed by atoms with E-state index in [1.54, 1.807) is 20.8 Å². The van der Waals surface area contributed by atoms with Crippen LogP contribution in [0.25, 0.3) is 11.3 Å². The molecular weight excluding hydrogens is 531 g/mol. The summed E-state index contributed by atoms with van der Waals surface area (Å²) in [5.41, 5.74) is 2.49. The molecule has 0 N–H and O–H groups in total. The molecule has 0 spiro atoms. The van der Waals surface area contributed by atoms with E-state index in [0.717, 1.165) is 29.0 Å². The minimum atomic E-state index is -4.39. The Bertz CT molecular complexity index is 1430. The highest BCUT2D eigenvalue weighted by molar-refractivity contribution is 5.79. The summed E-state index contributed by atoms with van der Waals surface area (Å²) in [5, 5.41) is 4.76. The molecule has 0 aliphatic heterocycles. The third-order valence-electron chi connectivity index (χ3n) is 6.49. The molecule has 4 rings (SSSR count). The second kappa shape index (κ2) is 12.6. The second-order valence-corrected chi connectivity index (χ2v) is 10.4. The van der Waals surface area contributed by atoms with Crippen LogP contribution in [0.5, 0.6) is 5.75 Å². The number of halogens is 3. The summed E-state index contributed by atoms with van der Waals surface area (Å²) >= 11 is 0. The van der Waals surface area contributed by atoms with Crippen LogP contribution >= 0.6 is 0 Å². The van der Waals surface area contributed by atoms with Crippen LogP contribution < -0.4 is 4.74 Å². The van der Waals surface area contributed by atoms with Crippen LogP contribution in [0.4, 0.5) is 13.2 Å². The molecule has 9 heteroatoms. The second-order valence-electron chi connectivity index (χ2n) is 10.4. The molecule has 0 aliphatic rings. The minimum absolute atomic E-state index is 0.285. The van der Waals surface area contributed by atoms with Crippen molar-refractivity contribution in [2.24, 2.45) is 0 Å². The Kier molecular flexibility index (Phi) is 9.18. The highest BCUT2D eigenvalue weighted by Crippen LogP contribution is 2.31. The summed E-state index contributed by atoms with van der Waals surface area (Å²) in [5.74, 6) is 0.142. The Balaban J connectivity index is 1.49. The molecule has 0 fully saturated rings. The van der Waals surface area contributed by atoms with Crippen molar-refractivity contribution in [3.63, 3.8) is 0 Å². The highest BCUT2D eigenvalue weighted by atomic mass is 19.4. The van der Waals surface area contributed by atoms with E-state index in [-0.39, 0.29) is 6.61 Å². The Hall–Kier alpha value is -4.11. The third-order valence-corrected chi connectivity index (χ3v) is 6.49. The Morgan fingerprint density at radius 3 is 2.17 bits per heavy atom. The molecule has 0 amide bonds. The summed E-state index contributed by atoms with van der Waals surface area (Å²) in [6.07, 6.45) is -4.39. The van der Waals surface area contributed by atoms with Gasteiger partial charge in [-0.2, -0.15) is 18.3 Å². The smallest absolute Gasteiger partial charge is 0.416 e. The molecular formula is C32H34F3N3O3. The largest absolute Gasteiger partial charge is 0.476 e. The molecule has 0 unspecified atom stereocenters. The van der Waals surface area contributed by atoms with Gasteiger partial charge in [0.1, 0.15) is 5.75 Å². The maximum Gasteiger partial charge on any atom is 0.416 e. The first-order valence-electron chi connectivity index (χ1n) is 13.4. The number of alkyl halides is 3. The number of carbonyl (C=O) groups excluding carboxylic acids is 1. The van der Waals surface area contributed by atoms with Crippen LogP contribution in [0, 0.1) is 0 Å². The molecule has 0 aliphatic carbocycles. The maximum absolute atomic E-state index is 13.1. The molecule has 4 aromatic rings. The van der Waals surface area contributed by atoms with Gasteiger partial charge in [0.15, 0.2) is 5.60 Å². The number of nitrogens with zero attached hydrogens (tertiary/aromatic N) is 3. The van der Waals surface area contributed by atoms with Crippen molar-refractivity contribution >= 4 is 5.97 Å². The average Bonchev–Trinajstić information content (AvgIpc) is 3.31. The van der Waals surface area contributed by atoms with Gasteiger partial charge < -0.3 is 9.47 Å². The number of esters is 1. The van der Waals surface area contributed by atoms with Gasteiger partial charge in [0.25, 0.3) is 0 Å². The molecule has 0 saturated heterocycles. The molecule has 0 saturated carbocycles. The average molecular weight is 566 g/mol. The zero-order chi connectivity index (χ0) is 29.6. The van der Waals surface area contributed by atoms with Gasteiger partial charge in [-0.15, -0.1) is 0 Å². The van der Waals surface area contributed by atoms with E-state index in [2.05, 4.69) is 4.90 Å². The van der Waals surface area contributed by atoms with E-state index in [4.69, 9.17) is 14.6 Å². The first-order chi connectivity index (χ1) is 19.4. The molecule has 41 heavy (non-hydrogen) atoms. The molecule has 6 nitrogen and oxygen atoms in total. The number of rotatable bonds is 11. The molecule has 0 bridgehead atoms. The van der Waals surface area contributed by atoms with Gasteiger partial charge >= 0.3 is 12.1 Å². The highest BCUT2D eigenvalue weighted by Gasteiger charge is 2.32. The van der Waals surface area contributed by atoms with Crippen molar-refractivity contribution in [2.75, 3.05) is 13.7 Å². The van der Waals surface area contributed by atoms with Gasteiger partial charge in [-0.3, -0.25) is 9.58 Å². The fraction of sp³-hybridized carbons (Fsp3) is 0.312. The van der Waals surface area contributed by atoms with Crippen molar-refractivity contribution in [2.45, 2.75) is 52.2 Å². The summed E-state index contributed by atoms with van der Waals surface area (Å²) in [6, 6.07) is 24.4. The number of ether oxygens (including phenoxy) is 2. The van der Waals surface area contributed by atoms with E-state index in [0.29, 0.717) is 36.6 Å². The van der Waals surface area contributed by atoms with Crippen molar-refractivity contribution in [3.05, 3.63) is 107 Å². The van der Waals surface area contributed by atoms with Crippen LogP contribution in [0.2, 0.25) is 0 Å². The summed E-state index contributed by atoms with van der Waals surface area (Å²) < 4.78 is 52.0. The van der Waals surface area contributed by atoms with Gasteiger partial charge in [-0.05, 0) is 69.3 Å². The van der Waals surface area contributed by atoms with E-state index in [1.165, 1.54) is 12.1 Å². The minimum Gasteiger partial charge on any atom is -0.476 e. The molecule has 0 radical (unpaired) electrons. The summed E-state index contributed by atoms with van der Waals surface area (Å²) in [7, 11) is 1.99. The maximum atomic E-state index is 13.1. The van der Waals surface area contributed by atoms with Gasteiger partial charge in [-0.25, -0.2) is 4.79 Å². The van der Waals surface area contributed by atoms with Gasteiger partial charge in [0.05, 0.1) is 30.1 Å². The van der Waals surface area contributed by atoms with Gasteiger partial charge in [0.2, 0.25) is 0 Å². The fourth-order valence-corrected chi connectivity index (χ4v) is 4.40. The Morgan fingerprint density at radius 2 is 1.56 bits per heavy atom. The Morgan fingerprint density at radius 1 is 0.902 bits per heavy atom. The van der Waals surface area contributed by atoms with E-state index < -0.39 is 23.3 Å². The van der Waals surface area contributed by atoms with Crippen molar-refractivity contribution in [1.82, 2.24) is 14.7 Å². The third kappa shape index (κ3) is 7.98. The lowest BCUT2D eigenvalue weighted by molar-refractivity contribution is -0.158. The predicted molar refractivity (Wildman–Crippen MR) is 151 cm³/mol. The van der Waals surface area contributed by atoms with Crippen molar-refractivity contribution < 1.29 is 27.4 Å². The van der Waals surface area contributed by atoms with Crippen LogP contribution in [-0.4, -0.2) is 39.9 Å². The van der Waals surface area contributed by atoms with E-state index in [1.807, 2.05) is 72.4 Å². The first-order valence-corrected chi connectivity index (χ1v) is 13.4. The van der Waals surface area contributed by atoms with Crippen molar-refractivity contribution in [3.8, 4) is 17.0 Å². The number of aromatic nitrogens is 2. The van der Waals surface area contributed by atoms with Crippen LogP contribution in [-0.2, 0) is 35.3 Å². The van der Waals surface area contributed by atoms with Gasteiger partial charge in [-0.1, -0.05) is 54.6 Å². The topological polar surface area (TPSA) is 56.6 Å². The number of hydrogen-bond acceptors (Lipinski definition) is 5. The molecule has 216 valence electrons. The fourth-order valence-electron chi connectivity index (χ4n) is 4.40. The van der Waals surface area contributed by atoms with Crippen molar-refractivity contribution in [1.29, 1.82) is 0 Å². The standard InChI is InChI=1S/C32H34F3N3O3/c1-5-40-30(39)31(2,3)41-28-17-11-24(12-18-28)20-37(4)22-27-19-29(25-13-15-26(16-14-25)32(33,34)35)36-38(27)21-23-9-7-6-8-10-23/h6-19H,5,20-22H2,1-4H3. The lowest BCUT2D eigenvalue weighted by Crippen LogP contribution is -2.39. The molecule has 1 heterocycles. The first kappa shape index (κ1) is 29.9. The van der Waals surface area contributed by atoms with Crippen LogP contribution in [0.3, 0.4) is 0 Å². The number of hydrogen-bond donors (Lipinski definition) is 0.